The lowest BCUT2D eigenvalue weighted by Crippen LogP contribution is -2.25. The van der Waals surface area contributed by atoms with Crippen molar-refractivity contribution in [1.82, 2.24) is 0 Å². The van der Waals surface area contributed by atoms with Crippen LogP contribution in [0.1, 0.15) is 47.5 Å². The highest BCUT2D eigenvalue weighted by Crippen LogP contribution is 2.34. The molecule has 1 fully saturated rings. The van der Waals surface area contributed by atoms with Gasteiger partial charge in [0.05, 0.1) is 6.10 Å². The number of carbonyl (C=O) groups excluding carboxylic acids is 1. The number of primary amides is 1. The highest BCUT2D eigenvalue weighted by atomic mass is 16.3. The quantitative estimate of drug-likeness (QED) is 0.796. The third kappa shape index (κ3) is 2.09. The van der Waals surface area contributed by atoms with Gasteiger partial charge in [-0.1, -0.05) is 31.0 Å². The zero-order chi connectivity index (χ0) is 11.5. The maximum atomic E-state index is 11.3. The molecule has 0 saturated heterocycles. The zero-order valence-corrected chi connectivity index (χ0v) is 9.23. The van der Waals surface area contributed by atoms with E-state index in [4.69, 9.17) is 5.73 Å². The standard InChI is InChI=1S/C13H17NO2/c14-13(16)11-7-2-1-5-9(11)10-6-3-4-8-12(10)15/h1-2,5,7,10,12,15H,3-4,6,8H2,(H2,14,16)/t10-,12-/m0/s1. The summed E-state index contributed by atoms with van der Waals surface area (Å²) in [6.45, 7) is 0. The monoisotopic (exact) mass is 219 g/mol. The molecule has 0 aromatic heterocycles. The van der Waals surface area contributed by atoms with Crippen LogP contribution in [0.5, 0.6) is 0 Å². The van der Waals surface area contributed by atoms with Crippen LogP contribution >= 0.6 is 0 Å². The zero-order valence-electron chi connectivity index (χ0n) is 9.23. The van der Waals surface area contributed by atoms with E-state index in [2.05, 4.69) is 0 Å². The Hall–Kier alpha value is -1.35. The van der Waals surface area contributed by atoms with Gasteiger partial charge < -0.3 is 10.8 Å². The molecule has 3 N–H and O–H groups in total. The largest absolute Gasteiger partial charge is 0.392 e. The minimum atomic E-state index is -0.409. The van der Waals surface area contributed by atoms with E-state index < -0.39 is 5.91 Å². The molecular formula is C13H17NO2. The first-order chi connectivity index (χ1) is 7.70. The number of carbonyl (C=O) groups is 1. The van der Waals surface area contributed by atoms with Crippen LogP contribution in [0.2, 0.25) is 0 Å². The molecule has 1 aromatic rings. The minimum Gasteiger partial charge on any atom is -0.392 e. The summed E-state index contributed by atoms with van der Waals surface area (Å²) < 4.78 is 0. The first kappa shape index (κ1) is 11.1. The maximum Gasteiger partial charge on any atom is 0.248 e. The minimum absolute atomic E-state index is 0.0671. The lowest BCUT2D eigenvalue weighted by Gasteiger charge is -2.28. The van der Waals surface area contributed by atoms with Crippen LogP contribution in [0.15, 0.2) is 24.3 Å². The van der Waals surface area contributed by atoms with Crippen molar-refractivity contribution >= 4 is 5.91 Å². The molecular weight excluding hydrogens is 202 g/mol. The van der Waals surface area contributed by atoms with Gasteiger partial charge in [0.1, 0.15) is 0 Å². The summed E-state index contributed by atoms with van der Waals surface area (Å²) >= 11 is 0. The lowest BCUT2D eigenvalue weighted by molar-refractivity contribution is 0.0978. The van der Waals surface area contributed by atoms with Gasteiger partial charge in [0.2, 0.25) is 5.91 Å². The molecule has 86 valence electrons. The number of amides is 1. The van der Waals surface area contributed by atoms with E-state index in [1.165, 1.54) is 0 Å². The average Bonchev–Trinajstić information content (AvgIpc) is 2.29. The first-order valence-corrected chi connectivity index (χ1v) is 5.77. The van der Waals surface area contributed by atoms with Gasteiger partial charge in [-0.25, -0.2) is 0 Å². The third-order valence-electron chi connectivity index (χ3n) is 3.36. The normalized spacial score (nSPS) is 25.3. The van der Waals surface area contributed by atoms with Gasteiger partial charge in [0.25, 0.3) is 0 Å². The number of hydrogen-bond acceptors (Lipinski definition) is 2. The molecule has 0 unspecified atom stereocenters. The van der Waals surface area contributed by atoms with Gasteiger partial charge in [-0.15, -0.1) is 0 Å². The van der Waals surface area contributed by atoms with E-state index in [9.17, 15) is 9.90 Å². The number of benzene rings is 1. The smallest absolute Gasteiger partial charge is 0.248 e. The van der Waals surface area contributed by atoms with Crippen molar-refractivity contribution in [3.63, 3.8) is 0 Å². The predicted molar refractivity (Wildman–Crippen MR) is 62.2 cm³/mol. The van der Waals surface area contributed by atoms with E-state index in [0.29, 0.717) is 5.56 Å². The Morgan fingerprint density at radius 2 is 1.94 bits per heavy atom. The first-order valence-electron chi connectivity index (χ1n) is 5.77. The summed E-state index contributed by atoms with van der Waals surface area (Å²) in [5.41, 5.74) is 6.80. The number of hydrogen-bond donors (Lipinski definition) is 2. The van der Waals surface area contributed by atoms with E-state index in [-0.39, 0.29) is 12.0 Å². The van der Waals surface area contributed by atoms with Gasteiger partial charge in [0, 0.05) is 11.5 Å². The molecule has 2 atom stereocenters. The van der Waals surface area contributed by atoms with Crippen molar-refractivity contribution in [1.29, 1.82) is 0 Å². The van der Waals surface area contributed by atoms with Gasteiger partial charge in [-0.05, 0) is 24.5 Å². The molecule has 0 heterocycles. The van der Waals surface area contributed by atoms with Crippen molar-refractivity contribution in [2.45, 2.75) is 37.7 Å². The fourth-order valence-electron chi connectivity index (χ4n) is 2.52. The average molecular weight is 219 g/mol. The van der Waals surface area contributed by atoms with Crippen LogP contribution in [0.4, 0.5) is 0 Å². The third-order valence-corrected chi connectivity index (χ3v) is 3.36. The summed E-state index contributed by atoms with van der Waals surface area (Å²) in [5.74, 6) is -0.342. The Kier molecular flexibility index (Phi) is 3.25. The number of aliphatic hydroxyl groups is 1. The molecule has 3 nitrogen and oxygen atoms in total. The molecule has 1 amide bonds. The number of nitrogens with two attached hydrogens (primary N) is 1. The van der Waals surface area contributed by atoms with Crippen molar-refractivity contribution in [2.24, 2.45) is 5.73 Å². The molecule has 2 rings (SSSR count). The number of rotatable bonds is 2. The maximum absolute atomic E-state index is 11.3. The highest BCUT2D eigenvalue weighted by Gasteiger charge is 2.27. The summed E-state index contributed by atoms with van der Waals surface area (Å²) in [6.07, 6.45) is 3.59. The van der Waals surface area contributed by atoms with Gasteiger partial charge in [-0.3, -0.25) is 4.79 Å². The molecule has 0 aliphatic heterocycles. The number of aliphatic hydroxyl groups excluding tert-OH is 1. The summed E-state index contributed by atoms with van der Waals surface area (Å²) in [7, 11) is 0. The van der Waals surface area contributed by atoms with Crippen LogP contribution in [-0.4, -0.2) is 17.1 Å². The van der Waals surface area contributed by atoms with Gasteiger partial charge in [-0.2, -0.15) is 0 Å². The Labute approximate surface area is 95.3 Å². The molecule has 16 heavy (non-hydrogen) atoms. The molecule has 1 saturated carbocycles. The van der Waals surface area contributed by atoms with Crippen LogP contribution in [-0.2, 0) is 0 Å². The highest BCUT2D eigenvalue weighted by molar-refractivity contribution is 5.94. The second-order valence-electron chi connectivity index (χ2n) is 4.41. The molecule has 1 aromatic carbocycles. The van der Waals surface area contributed by atoms with Crippen molar-refractivity contribution in [3.05, 3.63) is 35.4 Å². The van der Waals surface area contributed by atoms with Crippen LogP contribution < -0.4 is 5.73 Å². The molecule has 0 bridgehead atoms. The van der Waals surface area contributed by atoms with Crippen LogP contribution in [0.25, 0.3) is 0 Å². The topological polar surface area (TPSA) is 63.3 Å². The SMILES string of the molecule is NC(=O)c1ccccc1[C@@H]1CCCC[C@@H]1O. The lowest BCUT2D eigenvalue weighted by atomic mass is 9.80. The van der Waals surface area contributed by atoms with Crippen LogP contribution in [0.3, 0.4) is 0 Å². The molecule has 0 spiro atoms. The summed E-state index contributed by atoms with van der Waals surface area (Å²) in [5, 5.41) is 9.98. The van der Waals surface area contributed by atoms with E-state index in [1.54, 1.807) is 12.1 Å². The Bertz CT molecular complexity index is 389. The molecule has 1 aliphatic carbocycles. The Morgan fingerprint density at radius 3 is 2.62 bits per heavy atom. The molecule has 3 heteroatoms. The van der Waals surface area contributed by atoms with Gasteiger partial charge in [0.15, 0.2) is 0 Å². The van der Waals surface area contributed by atoms with Crippen molar-refractivity contribution in [3.8, 4) is 0 Å². The second-order valence-corrected chi connectivity index (χ2v) is 4.41. The van der Waals surface area contributed by atoms with Crippen LogP contribution in [0, 0.1) is 0 Å². The predicted octanol–water partition coefficient (Wildman–Crippen LogP) is 1.80. The van der Waals surface area contributed by atoms with Crippen molar-refractivity contribution < 1.29 is 9.90 Å². The van der Waals surface area contributed by atoms with E-state index >= 15 is 0 Å². The Balaban J connectivity index is 2.34. The molecule has 0 radical (unpaired) electrons. The second kappa shape index (κ2) is 4.66. The van der Waals surface area contributed by atoms with Crippen molar-refractivity contribution in [2.75, 3.05) is 0 Å². The Morgan fingerprint density at radius 1 is 1.25 bits per heavy atom. The van der Waals surface area contributed by atoms with E-state index in [1.807, 2.05) is 12.1 Å². The van der Waals surface area contributed by atoms with E-state index in [0.717, 1.165) is 31.2 Å². The fourth-order valence-corrected chi connectivity index (χ4v) is 2.52. The van der Waals surface area contributed by atoms with Gasteiger partial charge >= 0.3 is 0 Å². The molecule has 1 aliphatic rings. The summed E-state index contributed by atoms with van der Waals surface area (Å²) in [4.78, 5) is 11.3. The fraction of sp³-hybridized carbons (Fsp3) is 0.462. The summed E-state index contributed by atoms with van der Waals surface area (Å²) in [6, 6.07) is 7.33.